The van der Waals surface area contributed by atoms with E-state index in [9.17, 15) is 9.18 Å². The molecule has 2 aromatic carbocycles. The number of nitrogens with one attached hydrogen (secondary N) is 1. The van der Waals surface area contributed by atoms with Gasteiger partial charge in [0.2, 0.25) is 5.91 Å². The van der Waals surface area contributed by atoms with Crippen molar-refractivity contribution in [2.24, 2.45) is 0 Å². The molecule has 0 saturated heterocycles. The Bertz CT molecular complexity index is 765. The Hall–Kier alpha value is -2.08. The van der Waals surface area contributed by atoms with Gasteiger partial charge in [0.15, 0.2) is 11.5 Å². The summed E-state index contributed by atoms with van der Waals surface area (Å²) in [6.07, 6.45) is 0.128. The number of amides is 1. The van der Waals surface area contributed by atoms with Crippen molar-refractivity contribution in [3.8, 4) is 11.5 Å². The van der Waals surface area contributed by atoms with Crippen LogP contribution < -0.4 is 14.8 Å². The van der Waals surface area contributed by atoms with Gasteiger partial charge < -0.3 is 14.8 Å². The number of ether oxygens (including phenoxy) is 2. The molecule has 0 radical (unpaired) electrons. The van der Waals surface area contributed by atoms with E-state index in [-0.39, 0.29) is 18.1 Å². The van der Waals surface area contributed by atoms with Gasteiger partial charge in [0, 0.05) is 10.2 Å². The average Bonchev–Trinajstić information content (AvgIpc) is 2.55. The van der Waals surface area contributed by atoms with Crippen LogP contribution in [0.2, 0.25) is 0 Å². The van der Waals surface area contributed by atoms with E-state index in [4.69, 9.17) is 9.47 Å². The lowest BCUT2D eigenvalue weighted by Crippen LogP contribution is -2.16. The van der Waals surface area contributed by atoms with E-state index in [2.05, 4.69) is 21.2 Å². The van der Waals surface area contributed by atoms with E-state index in [0.717, 1.165) is 15.6 Å². The van der Waals surface area contributed by atoms with Crippen LogP contribution in [-0.2, 0) is 11.2 Å². The SMILES string of the molecule is CCOc1cc(Br)c(CC(=O)Nc2cc(F)ccc2C)cc1OCC. The second kappa shape index (κ2) is 8.85. The van der Waals surface area contributed by atoms with E-state index < -0.39 is 0 Å². The zero-order valence-electron chi connectivity index (χ0n) is 14.5. The molecule has 4 nitrogen and oxygen atoms in total. The van der Waals surface area contributed by atoms with Gasteiger partial charge in [-0.05, 0) is 56.2 Å². The van der Waals surface area contributed by atoms with E-state index in [1.807, 2.05) is 20.8 Å². The third kappa shape index (κ3) is 5.19. The molecule has 134 valence electrons. The van der Waals surface area contributed by atoms with Crippen LogP contribution in [0.15, 0.2) is 34.8 Å². The van der Waals surface area contributed by atoms with Crippen molar-refractivity contribution in [2.45, 2.75) is 27.2 Å². The second-order valence-electron chi connectivity index (χ2n) is 5.44. The third-order valence-corrected chi connectivity index (χ3v) is 4.28. The number of rotatable bonds is 7. The van der Waals surface area contributed by atoms with Crippen LogP contribution in [0.1, 0.15) is 25.0 Å². The maximum atomic E-state index is 13.4. The normalized spacial score (nSPS) is 10.4. The number of carbonyl (C=O) groups excluding carboxylic acids is 1. The largest absolute Gasteiger partial charge is 0.490 e. The van der Waals surface area contributed by atoms with Crippen molar-refractivity contribution in [2.75, 3.05) is 18.5 Å². The Kier molecular flexibility index (Phi) is 6.82. The topological polar surface area (TPSA) is 47.6 Å². The van der Waals surface area contributed by atoms with Gasteiger partial charge in [0.1, 0.15) is 5.82 Å². The van der Waals surface area contributed by atoms with E-state index in [0.29, 0.717) is 30.4 Å². The predicted octanol–water partition coefficient (Wildman–Crippen LogP) is 4.88. The zero-order chi connectivity index (χ0) is 18.4. The van der Waals surface area contributed by atoms with Gasteiger partial charge in [-0.2, -0.15) is 0 Å². The lowest BCUT2D eigenvalue weighted by Gasteiger charge is -2.14. The molecule has 0 aromatic heterocycles. The van der Waals surface area contributed by atoms with Crippen molar-refractivity contribution >= 4 is 27.5 Å². The number of anilines is 1. The molecular formula is C19H21BrFNO3. The molecule has 0 atom stereocenters. The quantitative estimate of drug-likeness (QED) is 0.708. The molecule has 0 fully saturated rings. The second-order valence-corrected chi connectivity index (χ2v) is 6.29. The Morgan fingerprint density at radius 1 is 1.12 bits per heavy atom. The van der Waals surface area contributed by atoms with Gasteiger partial charge in [-0.25, -0.2) is 4.39 Å². The van der Waals surface area contributed by atoms with Crippen LogP contribution in [0, 0.1) is 12.7 Å². The van der Waals surface area contributed by atoms with E-state index in [1.165, 1.54) is 12.1 Å². The van der Waals surface area contributed by atoms with Crippen LogP contribution >= 0.6 is 15.9 Å². The Morgan fingerprint density at radius 2 is 1.76 bits per heavy atom. The monoisotopic (exact) mass is 409 g/mol. The van der Waals surface area contributed by atoms with E-state index in [1.54, 1.807) is 18.2 Å². The van der Waals surface area contributed by atoms with Crippen LogP contribution in [0.4, 0.5) is 10.1 Å². The maximum absolute atomic E-state index is 13.4. The molecule has 1 amide bonds. The number of carbonyl (C=O) groups is 1. The Morgan fingerprint density at radius 3 is 2.40 bits per heavy atom. The summed E-state index contributed by atoms with van der Waals surface area (Å²) >= 11 is 3.47. The highest BCUT2D eigenvalue weighted by atomic mass is 79.9. The first-order valence-corrected chi connectivity index (χ1v) is 8.87. The highest BCUT2D eigenvalue weighted by molar-refractivity contribution is 9.10. The first-order valence-electron chi connectivity index (χ1n) is 8.08. The predicted molar refractivity (Wildman–Crippen MR) is 100.0 cm³/mol. The molecule has 0 aliphatic heterocycles. The minimum Gasteiger partial charge on any atom is -0.490 e. The van der Waals surface area contributed by atoms with Crippen LogP contribution in [0.25, 0.3) is 0 Å². The summed E-state index contributed by atoms with van der Waals surface area (Å²) in [5.74, 6) is 0.599. The van der Waals surface area contributed by atoms with Gasteiger partial charge in [-0.3, -0.25) is 4.79 Å². The third-order valence-electron chi connectivity index (χ3n) is 3.54. The molecule has 0 bridgehead atoms. The standard InChI is InChI=1S/C19H21BrFNO3/c1-4-24-17-8-13(15(20)11-18(17)25-5-2)9-19(23)22-16-10-14(21)7-6-12(16)3/h6-8,10-11H,4-5,9H2,1-3H3,(H,22,23). The highest BCUT2D eigenvalue weighted by Gasteiger charge is 2.14. The van der Waals surface area contributed by atoms with Gasteiger partial charge in [0.25, 0.3) is 0 Å². The molecule has 2 rings (SSSR count). The lowest BCUT2D eigenvalue weighted by molar-refractivity contribution is -0.115. The zero-order valence-corrected chi connectivity index (χ0v) is 16.1. The van der Waals surface area contributed by atoms with Crippen molar-refractivity contribution < 1.29 is 18.7 Å². The molecule has 2 aromatic rings. The summed E-state index contributed by atoms with van der Waals surface area (Å²) in [6, 6.07) is 7.89. The minimum atomic E-state index is -0.387. The molecule has 0 unspecified atom stereocenters. The molecule has 6 heteroatoms. The molecule has 25 heavy (non-hydrogen) atoms. The van der Waals surface area contributed by atoms with Crippen molar-refractivity contribution in [3.05, 3.63) is 51.7 Å². The molecule has 0 aliphatic carbocycles. The van der Waals surface area contributed by atoms with Crippen LogP contribution in [0.3, 0.4) is 0 Å². The van der Waals surface area contributed by atoms with Crippen molar-refractivity contribution in [1.82, 2.24) is 0 Å². The van der Waals surface area contributed by atoms with Crippen LogP contribution in [-0.4, -0.2) is 19.1 Å². The molecule has 0 saturated carbocycles. The molecule has 0 heterocycles. The number of aryl methyl sites for hydroxylation is 1. The molecule has 1 N–H and O–H groups in total. The van der Waals surface area contributed by atoms with Crippen LogP contribution in [0.5, 0.6) is 11.5 Å². The Balaban J connectivity index is 2.19. The lowest BCUT2D eigenvalue weighted by atomic mass is 10.1. The summed E-state index contributed by atoms with van der Waals surface area (Å²) in [7, 11) is 0. The summed E-state index contributed by atoms with van der Waals surface area (Å²) in [5.41, 5.74) is 2.03. The van der Waals surface area contributed by atoms with E-state index >= 15 is 0 Å². The molecule has 0 spiro atoms. The summed E-state index contributed by atoms with van der Waals surface area (Å²) in [6.45, 7) is 6.61. The molecular weight excluding hydrogens is 389 g/mol. The highest BCUT2D eigenvalue weighted by Crippen LogP contribution is 2.34. The van der Waals surface area contributed by atoms with Gasteiger partial charge >= 0.3 is 0 Å². The summed E-state index contributed by atoms with van der Waals surface area (Å²) in [5, 5.41) is 2.75. The fraction of sp³-hybridized carbons (Fsp3) is 0.316. The Labute approximate surface area is 155 Å². The fourth-order valence-corrected chi connectivity index (χ4v) is 2.81. The van der Waals surface area contributed by atoms with Gasteiger partial charge in [0.05, 0.1) is 19.6 Å². The first kappa shape index (κ1) is 19.2. The number of halogens is 2. The van der Waals surface area contributed by atoms with Crippen molar-refractivity contribution in [1.29, 1.82) is 0 Å². The number of hydrogen-bond donors (Lipinski definition) is 1. The number of hydrogen-bond acceptors (Lipinski definition) is 3. The van der Waals surface area contributed by atoms with Gasteiger partial charge in [-0.15, -0.1) is 0 Å². The summed E-state index contributed by atoms with van der Waals surface area (Å²) < 4.78 is 25.3. The fourth-order valence-electron chi connectivity index (χ4n) is 2.35. The van der Waals surface area contributed by atoms with Gasteiger partial charge in [-0.1, -0.05) is 22.0 Å². The minimum absolute atomic E-state index is 0.128. The molecule has 0 aliphatic rings. The summed E-state index contributed by atoms with van der Waals surface area (Å²) in [4.78, 5) is 12.4. The first-order chi connectivity index (χ1) is 11.9. The average molecular weight is 410 g/mol. The van der Waals surface area contributed by atoms with Crippen molar-refractivity contribution in [3.63, 3.8) is 0 Å². The smallest absolute Gasteiger partial charge is 0.228 e. The maximum Gasteiger partial charge on any atom is 0.228 e. The number of benzene rings is 2.